The van der Waals surface area contributed by atoms with E-state index < -0.39 is 0 Å². The van der Waals surface area contributed by atoms with Crippen molar-refractivity contribution in [1.29, 1.82) is 0 Å². The van der Waals surface area contributed by atoms with Crippen molar-refractivity contribution < 1.29 is 9.84 Å². The van der Waals surface area contributed by atoms with Crippen molar-refractivity contribution in [3.63, 3.8) is 0 Å². The van der Waals surface area contributed by atoms with Crippen LogP contribution in [0.4, 0.5) is 0 Å². The molecule has 2 heteroatoms. The fourth-order valence-corrected chi connectivity index (χ4v) is 2.39. The van der Waals surface area contributed by atoms with Gasteiger partial charge in [0.1, 0.15) is 6.79 Å². The van der Waals surface area contributed by atoms with Crippen LogP contribution in [0.15, 0.2) is 30.3 Å². The minimum Gasteiger partial charge on any atom is -0.371 e. The molecule has 108 valence electrons. The second-order valence-corrected chi connectivity index (χ2v) is 5.11. The summed E-state index contributed by atoms with van der Waals surface area (Å²) >= 11 is 0. The lowest BCUT2D eigenvalue weighted by Crippen LogP contribution is -2.05. The Bertz CT molecular complexity index is 297. The van der Waals surface area contributed by atoms with Crippen LogP contribution >= 0.6 is 0 Å². The molecule has 1 aromatic rings. The number of hydrogen-bond donors (Lipinski definition) is 1. The molecule has 1 aromatic carbocycles. The van der Waals surface area contributed by atoms with Gasteiger partial charge in [0.25, 0.3) is 0 Å². The van der Waals surface area contributed by atoms with Gasteiger partial charge < -0.3 is 9.84 Å². The molecule has 0 saturated carbocycles. The Labute approximate surface area is 117 Å². The van der Waals surface area contributed by atoms with Crippen LogP contribution < -0.4 is 0 Å². The van der Waals surface area contributed by atoms with Crippen molar-refractivity contribution >= 4 is 0 Å². The Balaban J connectivity index is 2.20. The molecular formula is C17H28O2. The molecule has 0 aromatic heterocycles. The van der Waals surface area contributed by atoms with Gasteiger partial charge in [-0.1, -0.05) is 82.2 Å². The molecule has 2 nitrogen and oxygen atoms in total. The zero-order valence-corrected chi connectivity index (χ0v) is 12.2. The summed E-state index contributed by atoms with van der Waals surface area (Å²) < 4.78 is 5.43. The van der Waals surface area contributed by atoms with Crippen molar-refractivity contribution in [3.8, 4) is 0 Å². The average Bonchev–Trinajstić information content (AvgIpc) is 2.46. The second-order valence-electron chi connectivity index (χ2n) is 5.11. The maximum absolute atomic E-state index is 8.98. The summed E-state index contributed by atoms with van der Waals surface area (Å²) in [4.78, 5) is 0. The van der Waals surface area contributed by atoms with Gasteiger partial charge in [-0.15, -0.1) is 0 Å². The highest BCUT2D eigenvalue weighted by Crippen LogP contribution is 2.23. The van der Waals surface area contributed by atoms with Gasteiger partial charge in [0, 0.05) is 0 Å². The number of unbranched alkanes of at least 4 members (excludes halogenated alkanes) is 6. The average molecular weight is 264 g/mol. The molecule has 0 aliphatic rings. The highest BCUT2D eigenvalue weighted by atomic mass is 16.6. The van der Waals surface area contributed by atoms with E-state index in [4.69, 9.17) is 9.84 Å². The number of aliphatic hydroxyl groups excluding tert-OH is 1. The minimum absolute atomic E-state index is 0.0434. The molecule has 19 heavy (non-hydrogen) atoms. The molecule has 0 radical (unpaired) electrons. The van der Waals surface area contributed by atoms with E-state index in [2.05, 4.69) is 19.1 Å². The predicted octanol–water partition coefficient (Wildman–Crippen LogP) is 4.83. The van der Waals surface area contributed by atoms with E-state index in [1.807, 2.05) is 18.2 Å². The number of rotatable bonds is 11. The summed E-state index contributed by atoms with van der Waals surface area (Å²) in [5.41, 5.74) is 1.17. The quantitative estimate of drug-likeness (QED) is 0.458. The van der Waals surface area contributed by atoms with Gasteiger partial charge in [-0.3, -0.25) is 0 Å². The number of benzene rings is 1. The predicted molar refractivity (Wildman–Crippen MR) is 80.0 cm³/mol. The lowest BCUT2D eigenvalue weighted by molar-refractivity contribution is -0.0554. The molecule has 0 saturated heterocycles. The summed E-state index contributed by atoms with van der Waals surface area (Å²) in [6, 6.07) is 10.2. The van der Waals surface area contributed by atoms with Gasteiger partial charge in [0.2, 0.25) is 0 Å². The molecular weight excluding hydrogens is 236 g/mol. The third kappa shape index (κ3) is 7.34. The molecule has 0 aliphatic carbocycles. The molecule has 1 rings (SSSR count). The number of ether oxygens (including phenoxy) is 1. The van der Waals surface area contributed by atoms with Crippen LogP contribution in [0.1, 0.15) is 70.0 Å². The van der Waals surface area contributed by atoms with Gasteiger partial charge in [0.05, 0.1) is 6.10 Å². The van der Waals surface area contributed by atoms with Gasteiger partial charge in [-0.25, -0.2) is 0 Å². The smallest absolute Gasteiger partial charge is 0.144 e. The fourth-order valence-electron chi connectivity index (χ4n) is 2.39. The second kappa shape index (κ2) is 11.0. The van der Waals surface area contributed by atoms with Crippen LogP contribution in [-0.4, -0.2) is 11.9 Å². The minimum atomic E-state index is -0.198. The summed E-state index contributed by atoms with van der Waals surface area (Å²) in [6.45, 7) is 2.05. The molecule has 1 N–H and O–H groups in total. The van der Waals surface area contributed by atoms with Crippen LogP contribution in [0.25, 0.3) is 0 Å². The van der Waals surface area contributed by atoms with E-state index in [9.17, 15) is 0 Å². The van der Waals surface area contributed by atoms with E-state index >= 15 is 0 Å². The van der Waals surface area contributed by atoms with Crippen LogP contribution in [0.2, 0.25) is 0 Å². The maximum atomic E-state index is 8.98. The highest BCUT2D eigenvalue weighted by molar-refractivity contribution is 5.17. The van der Waals surface area contributed by atoms with E-state index in [-0.39, 0.29) is 12.9 Å². The largest absolute Gasteiger partial charge is 0.371 e. The Hall–Kier alpha value is -0.860. The zero-order valence-electron chi connectivity index (χ0n) is 12.2. The van der Waals surface area contributed by atoms with Gasteiger partial charge in [0.15, 0.2) is 0 Å². The first-order valence-electron chi connectivity index (χ1n) is 7.66. The van der Waals surface area contributed by atoms with Crippen molar-refractivity contribution in [3.05, 3.63) is 35.9 Å². The molecule has 1 unspecified atom stereocenters. The molecule has 0 heterocycles. The third-order valence-electron chi connectivity index (χ3n) is 3.52. The lowest BCUT2D eigenvalue weighted by Gasteiger charge is -2.16. The first kappa shape index (κ1) is 16.2. The fraction of sp³-hybridized carbons (Fsp3) is 0.647. The Kier molecular flexibility index (Phi) is 9.38. The van der Waals surface area contributed by atoms with Crippen molar-refractivity contribution in [2.75, 3.05) is 6.79 Å². The molecule has 0 bridgehead atoms. The van der Waals surface area contributed by atoms with E-state index in [0.29, 0.717) is 0 Å². The van der Waals surface area contributed by atoms with E-state index in [0.717, 1.165) is 6.42 Å². The molecule has 0 spiro atoms. The molecule has 0 aliphatic heterocycles. The van der Waals surface area contributed by atoms with E-state index in [1.165, 1.54) is 50.5 Å². The van der Waals surface area contributed by atoms with Gasteiger partial charge in [-0.2, -0.15) is 0 Å². The summed E-state index contributed by atoms with van der Waals surface area (Å²) in [5, 5.41) is 8.98. The monoisotopic (exact) mass is 264 g/mol. The standard InChI is InChI=1S/C17H28O2/c1-2-3-4-5-6-7-11-14-17(19-15-18)16-12-9-8-10-13-16/h8-10,12-13,17-18H,2-7,11,14-15H2,1H3. The zero-order chi connectivity index (χ0) is 13.8. The number of hydrogen-bond acceptors (Lipinski definition) is 2. The molecule has 0 amide bonds. The van der Waals surface area contributed by atoms with Crippen molar-refractivity contribution in [2.45, 2.75) is 64.4 Å². The molecule has 0 fully saturated rings. The van der Waals surface area contributed by atoms with Gasteiger partial charge >= 0.3 is 0 Å². The molecule has 1 atom stereocenters. The number of aliphatic hydroxyl groups is 1. The normalized spacial score (nSPS) is 12.5. The van der Waals surface area contributed by atoms with Crippen LogP contribution in [-0.2, 0) is 4.74 Å². The van der Waals surface area contributed by atoms with Crippen molar-refractivity contribution in [2.24, 2.45) is 0 Å². The first-order chi connectivity index (χ1) is 9.38. The third-order valence-corrected chi connectivity index (χ3v) is 3.52. The van der Waals surface area contributed by atoms with E-state index in [1.54, 1.807) is 0 Å². The van der Waals surface area contributed by atoms with Crippen molar-refractivity contribution in [1.82, 2.24) is 0 Å². The van der Waals surface area contributed by atoms with Crippen LogP contribution in [0.5, 0.6) is 0 Å². The summed E-state index contributed by atoms with van der Waals surface area (Å²) in [6.07, 6.45) is 10.2. The summed E-state index contributed by atoms with van der Waals surface area (Å²) in [5.74, 6) is 0. The van der Waals surface area contributed by atoms with Gasteiger partial charge in [-0.05, 0) is 12.0 Å². The Morgan fingerprint density at radius 2 is 1.58 bits per heavy atom. The maximum Gasteiger partial charge on any atom is 0.144 e. The van der Waals surface area contributed by atoms with Crippen LogP contribution in [0, 0.1) is 0 Å². The Morgan fingerprint density at radius 1 is 0.947 bits per heavy atom. The Morgan fingerprint density at radius 3 is 2.21 bits per heavy atom. The lowest BCUT2D eigenvalue weighted by atomic mass is 10.0. The first-order valence-corrected chi connectivity index (χ1v) is 7.66. The SMILES string of the molecule is CCCCCCCCCC(OCO)c1ccccc1. The topological polar surface area (TPSA) is 29.5 Å². The van der Waals surface area contributed by atoms with Crippen LogP contribution in [0.3, 0.4) is 0 Å². The summed E-state index contributed by atoms with van der Waals surface area (Å²) in [7, 11) is 0. The highest BCUT2D eigenvalue weighted by Gasteiger charge is 2.10.